The summed E-state index contributed by atoms with van der Waals surface area (Å²) in [7, 11) is 0. The SMILES string of the molecule is Brc1cncc(NC2CCCCCCC2)c1. The minimum atomic E-state index is 0.636. The molecule has 0 spiro atoms. The highest BCUT2D eigenvalue weighted by atomic mass is 79.9. The lowest BCUT2D eigenvalue weighted by Gasteiger charge is -2.21. The van der Waals surface area contributed by atoms with Gasteiger partial charge in [-0.3, -0.25) is 4.98 Å². The van der Waals surface area contributed by atoms with Crippen molar-refractivity contribution in [3.8, 4) is 0 Å². The number of hydrogen-bond donors (Lipinski definition) is 1. The zero-order chi connectivity index (χ0) is 11.2. The van der Waals surface area contributed by atoms with Crippen LogP contribution in [0, 0.1) is 0 Å². The van der Waals surface area contributed by atoms with Gasteiger partial charge in [0, 0.05) is 16.7 Å². The quantitative estimate of drug-likeness (QED) is 0.871. The summed E-state index contributed by atoms with van der Waals surface area (Å²) in [5.41, 5.74) is 1.14. The third-order valence-electron chi connectivity index (χ3n) is 3.18. The van der Waals surface area contributed by atoms with Crippen molar-refractivity contribution >= 4 is 21.6 Å². The summed E-state index contributed by atoms with van der Waals surface area (Å²) in [5, 5.41) is 3.60. The topological polar surface area (TPSA) is 24.9 Å². The molecular formula is C13H19BrN2. The van der Waals surface area contributed by atoms with Crippen LogP contribution in [0.4, 0.5) is 5.69 Å². The van der Waals surface area contributed by atoms with Crippen LogP contribution in [0.2, 0.25) is 0 Å². The largest absolute Gasteiger partial charge is 0.381 e. The highest BCUT2D eigenvalue weighted by Crippen LogP contribution is 2.21. The van der Waals surface area contributed by atoms with Crippen LogP contribution in [0.3, 0.4) is 0 Å². The Balaban J connectivity index is 1.91. The van der Waals surface area contributed by atoms with E-state index in [9.17, 15) is 0 Å². The second-order valence-corrected chi connectivity index (χ2v) is 5.49. The first-order valence-corrected chi connectivity index (χ1v) is 7.01. The van der Waals surface area contributed by atoms with E-state index in [0.29, 0.717) is 6.04 Å². The lowest BCUT2D eigenvalue weighted by Crippen LogP contribution is -2.20. The van der Waals surface area contributed by atoms with Crippen LogP contribution in [0.1, 0.15) is 44.9 Å². The molecule has 88 valence electrons. The van der Waals surface area contributed by atoms with Crippen LogP contribution < -0.4 is 5.32 Å². The maximum absolute atomic E-state index is 4.18. The molecule has 1 aliphatic rings. The van der Waals surface area contributed by atoms with Crippen molar-refractivity contribution in [1.29, 1.82) is 0 Å². The molecule has 0 bridgehead atoms. The van der Waals surface area contributed by atoms with Gasteiger partial charge in [0.15, 0.2) is 0 Å². The molecule has 0 atom stereocenters. The molecule has 16 heavy (non-hydrogen) atoms. The Morgan fingerprint density at radius 3 is 2.44 bits per heavy atom. The van der Waals surface area contributed by atoms with Gasteiger partial charge in [0.05, 0.1) is 11.9 Å². The molecule has 0 aliphatic heterocycles. The molecule has 1 aliphatic carbocycles. The minimum Gasteiger partial charge on any atom is -0.381 e. The Kier molecular flexibility index (Phi) is 4.64. The number of pyridine rings is 1. The van der Waals surface area contributed by atoms with E-state index in [2.05, 4.69) is 32.3 Å². The van der Waals surface area contributed by atoms with E-state index >= 15 is 0 Å². The Morgan fingerprint density at radius 1 is 1.06 bits per heavy atom. The molecule has 0 amide bonds. The molecule has 2 nitrogen and oxygen atoms in total. The predicted molar refractivity (Wildman–Crippen MR) is 71.7 cm³/mol. The van der Waals surface area contributed by atoms with Crippen LogP contribution in [-0.4, -0.2) is 11.0 Å². The van der Waals surface area contributed by atoms with Gasteiger partial charge in [0.2, 0.25) is 0 Å². The molecule has 0 saturated heterocycles. The number of nitrogens with zero attached hydrogens (tertiary/aromatic N) is 1. The minimum absolute atomic E-state index is 0.636. The maximum atomic E-state index is 4.18. The van der Waals surface area contributed by atoms with E-state index < -0.39 is 0 Å². The second kappa shape index (κ2) is 6.24. The average Bonchev–Trinajstić information content (AvgIpc) is 2.22. The Bertz CT molecular complexity index is 319. The first kappa shape index (κ1) is 11.9. The van der Waals surface area contributed by atoms with Crippen LogP contribution in [0.25, 0.3) is 0 Å². The van der Waals surface area contributed by atoms with Gasteiger partial charge in [-0.2, -0.15) is 0 Å². The molecule has 1 aromatic heterocycles. The molecular weight excluding hydrogens is 264 g/mol. The fourth-order valence-corrected chi connectivity index (χ4v) is 2.69. The van der Waals surface area contributed by atoms with Crippen molar-refractivity contribution in [2.24, 2.45) is 0 Å². The van der Waals surface area contributed by atoms with Gasteiger partial charge in [-0.1, -0.05) is 32.1 Å². The number of aromatic nitrogens is 1. The maximum Gasteiger partial charge on any atom is 0.0540 e. The van der Waals surface area contributed by atoms with Gasteiger partial charge in [0.25, 0.3) is 0 Å². The lowest BCUT2D eigenvalue weighted by molar-refractivity contribution is 0.471. The van der Waals surface area contributed by atoms with Crippen molar-refractivity contribution in [2.75, 3.05) is 5.32 Å². The van der Waals surface area contributed by atoms with Crippen LogP contribution in [-0.2, 0) is 0 Å². The highest BCUT2D eigenvalue weighted by Gasteiger charge is 2.10. The number of anilines is 1. The average molecular weight is 283 g/mol. The van der Waals surface area contributed by atoms with E-state index in [-0.39, 0.29) is 0 Å². The summed E-state index contributed by atoms with van der Waals surface area (Å²) in [6.45, 7) is 0. The summed E-state index contributed by atoms with van der Waals surface area (Å²) in [6.07, 6.45) is 13.3. The van der Waals surface area contributed by atoms with Gasteiger partial charge in [-0.25, -0.2) is 0 Å². The van der Waals surface area contributed by atoms with E-state index in [1.165, 1.54) is 44.9 Å². The summed E-state index contributed by atoms with van der Waals surface area (Å²) < 4.78 is 1.04. The second-order valence-electron chi connectivity index (χ2n) is 4.58. The molecule has 1 aromatic rings. The van der Waals surface area contributed by atoms with Gasteiger partial charge in [0.1, 0.15) is 0 Å². The fraction of sp³-hybridized carbons (Fsp3) is 0.615. The van der Waals surface area contributed by atoms with Crippen molar-refractivity contribution in [2.45, 2.75) is 51.0 Å². The molecule has 1 N–H and O–H groups in total. The summed E-state index contributed by atoms with van der Waals surface area (Å²) in [6, 6.07) is 2.74. The molecule has 0 radical (unpaired) electrons. The van der Waals surface area contributed by atoms with Crippen molar-refractivity contribution in [1.82, 2.24) is 4.98 Å². The van der Waals surface area contributed by atoms with E-state index in [1.807, 2.05) is 12.4 Å². The van der Waals surface area contributed by atoms with Crippen LogP contribution in [0.5, 0.6) is 0 Å². The Hall–Kier alpha value is -0.570. The van der Waals surface area contributed by atoms with E-state index in [4.69, 9.17) is 0 Å². The fourth-order valence-electron chi connectivity index (χ4n) is 2.33. The molecule has 1 heterocycles. The van der Waals surface area contributed by atoms with Crippen molar-refractivity contribution in [3.05, 3.63) is 22.9 Å². The monoisotopic (exact) mass is 282 g/mol. The van der Waals surface area contributed by atoms with Crippen molar-refractivity contribution < 1.29 is 0 Å². The molecule has 0 unspecified atom stereocenters. The molecule has 2 rings (SSSR count). The number of hydrogen-bond acceptors (Lipinski definition) is 2. The van der Waals surface area contributed by atoms with Crippen molar-refractivity contribution in [3.63, 3.8) is 0 Å². The number of nitrogens with one attached hydrogen (secondary N) is 1. The molecule has 1 saturated carbocycles. The first-order chi connectivity index (χ1) is 7.84. The highest BCUT2D eigenvalue weighted by molar-refractivity contribution is 9.10. The number of rotatable bonds is 2. The normalized spacial score (nSPS) is 18.8. The Labute approximate surface area is 106 Å². The molecule has 0 aromatic carbocycles. The van der Waals surface area contributed by atoms with Gasteiger partial charge in [-0.15, -0.1) is 0 Å². The van der Waals surface area contributed by atoms with E-state index in [0.717, 1.165) is 10.2 Å². The zero-order valence-corrected chi connectivity index (χ0v) is 11.2. The first-order valence-electron chi connectivity index (χ1n) is 6.22. The third kappa shape index (κ3) is 3.78. The standard InChI is InChI=1S/C13H19BrN2/c14-11-8-13(10-15-9-11)16-12-6-4-2-1-3-5-7-12/h8-10,12,16H,1-7H2. The summed E-state index contributed by atoms with van der Waals surface area (Å²) in [5.74, 6) is 0. The summed E-state index contributed by atoms with van der Waals surface area (Å²) in [4.78, 5) is 4.18. The number of halogens is 1. The molecule has 3 heteroatoms. The smallest absolute Gasteiger partial charge is 0.0540 e. The predicted octanol–water partition coefficient (Wildman–Crippen LogP) is 4.37. The zero-order valence-electron chi connectivity index (χ0n) is 9.58. The summed E-state index contributed by atoms with van der Waals surface area (Å²) >= 11 is 3.45. The van der Waals surface area contributed by atoms with Crippen LogP contribution >= 0.6 is 15.9 Å². The van der Waals surface area contributed by atoms with Gasteiger partial charge in [-0.05, 0) is 34.8 Å². The van der Waals surface area contributed by atoms with Crippen LogP contribution in [0.15, 0.2) is 22.9 Å². The lowest BCUT2D eigenvalue weighted by atomic mass is 9.96. The molecule has 1 fully saturated rings. The third-order valence-corrected chi connectivity index (χ3v) is 3.61. The Morgan fingerprint density at radius 2 is 1.75 bits per heavy atom. The van der Waals surface area contributed by atoms with Gasteiger partial charge < -0.3 is 5.32 Å². The van der Waals surface area contributed by atoms with Gasteiger partial charge >= 0.3 is 0 Å². The van der Waals surface area contributed by atoms with E-state index in [1.54, 1.807) is 0 Å².